The molecule has 0 aromatic rings. The van der Waals surface area contributed by atoms with Crippen LogP contribution in [-0.2, 0) is 4.79 Å². The predicted octanol–water partition coefficient (Wildman–Crippen LogP) is 0.169. The molecule has 0 radical (unpaired) electrons. The highest BCUT2D eigenvalue weighted by molar-refractivity contribution is 5.78. The maximum atomic E-state index is 11.7. The molecule has 0 aliphatic carbocycles. The van der Waals surface area contributed by atoms with E-state index in [0.29, 0.717) is 12.3 Å². The van der Waals surface area contributed by atoms with Crippen LogP contribution in [0.25, 0.3) is 0 Å². The molecule has 0 bridgehead atoms. The summed E-state index contributed by atoms with van der Waals surface area (Å²) in [6, 6.07) is 0. The number of hydrogen-bond acceptors (Lipinski definition) is 3. The van der Waals surface area contributed by atoms with Crippen molar-refractivity contribution in [1.82, 2.24) is 9.80 Å². The average molecular weight is 226 g/mol. The summed E-state index contributed by atoms with van der Waals surface area (Å²) in [6.45, 7) is 7.41. The fourth-order valence-electron chi connectivity index (χ4n) is 2.81. The van der Waals surface area contributed by atoms with Crippen molar-refractivity contribution in [2.24, 2.45) is 11.8 Å². The number of likely N-dealkylation sites (tertiary alicyclic amines) is 2. The Kier molecular flexibility index (Phi) is 3.82. The van der Waals surface area contributed by atoms with Gasteiger partial charge in [0.15, 0.2) is 0 Å². The van der Waals surface area contributed by atoms with E-state index in [9.17, 15) is 4.79 Å². The summed E-state index contributed by atoms with van der Waals surface area (Å²) in [7, 11) is 0. The van der Waals surface area contributed by atoms with Crippen LogP contribution in [0, 0.1) is 11.8 Å². The van der Waals surface area contributed by atoms with E-state index in [0.717, 1.165) is 26.2 Å². The Balaban J connectivity index is 1.80. The Hall–Kier alpha value is -0.610. The lowest BCUT2D eigenvalue weighted by Gasteiger charge is -2.21. The van der Waals surface area contributed by atoms with Crippen molar-refractivity contribution in [3.8, 4) is 0 Å². The third-order valence-corrected chi connectivity index (χ3v) is 3.85. The molecule has 2 heterocycles. The van der Waals surface area contributed by atoms with E-state index in [1.807, 2.05) is 4.90 Å². The van der Waals surface area contributed by atoms with E-state index in [-0.39, 0.29) is 18.4 Å². The molecule has 4 heteroatoms. The second-order valence-corrected chi connectivity index (χ2v) is 5.10. The summed E-state index contributed by atoms with van der Waals surface area (Å²) in [5.74, 6) is 1.05. The van der Waals surface area contributed by atoms with Gasteiger partial charge in [-0.1, -0.05) is 6.92 Å². The maximum Gasteiger partial charge on any atom is 0.223 e. The molecule has 0 saturated carbocycles. The Bertz CT molecular complexity index is 257. The molecule has 2 unspecified atom stereocenters. The van der Waals surface area contributed by atoms with Crippen LogP contribution in [0.2, 0.25) is 0 Å². The normalized spacial score (nSPS) is 31.6. The topological polar surface area (TPSA) is 43.8 Å². The van der Waals surface area contributed by atoms with Crippen LogP contribution in [0.15, 0.2) is 0 Å². The highest BCUT2D eigenvalue weighted by atomic mass is 16.3. The maximum absolute atomic E-state index is 11.7. The Morgan fingerprint density at radius 1 is 1.38 bits per heavy atom. The number of carbonyl (C=O) groups excluding carboxylic acids is 1. The number of hydrogen-bond donors (Lipinski definition) is 1. The second kappa shape index (κ2) is 5.15. The van der Waals surface area contributed by atoms with Gasteiger partial charge in [-0.25, -0.2) is 0 Å². The molecule has 2 saturated heterocycles. The molecule has 2 atom stereocenters. The van der Waals surface area contributed by atoms with Crippen molar-refractivity contribution in [1.29, 1.82) is 0 Å². The lowest BCUT2D eigenvalue weighted by Crippen LogP contribution is -2.32. The number of amides is 1. The number of nitrogens with zero attached hydrogens (tertiary/aromatic N) is 2. The number of rotatable bonds is 4. The van der Waals surface area contributed by atoms with E-state index < -0.39 is 0 Å². The molecule has 2 aliphatic heterocycles. The molecule has 92 valence electrons. The summed E-state index contributed by atoms with van der Waals surface area (Å²) in [4.78, 5) is 16.1. The van der Waals surface area contributed by atoms with Crippen LogP contribution in [-0.4, -0.2) is 60.1 Å². The van der Waals surface area contributed by atoms with Gasteiger partial charge in [-0.2, -0.15) is 0 Å². The Labute approximate surface area is 97.2 Å². The lowest BCUT2D eigenvalue weighted by molar-refractivity contribution is -0.128. The van der Waals surface area contributed by atoms with Crippen LogP contribution in [0.1, 0.15) is 19.8 Å². The third kappa shape index (κ3) is 2.55. The smallest absolute Gasteiger partial charge is 0.223 e. The van der Waals surface area contributed by atoms with Crippen molar-refractivity contribution in [3.63, 3.8) is 0 Å². The standard InChI is InChI=1S/C12H22N2O2/c1-2-13-4-3-10(6-13)7-14-8-11(9-15)5-12(14)16/h10-11,15H,2-9H2,1H3. The molecule has 1 N–H and O–H groups in total. The minimum absolute atomic E-state index is 0.147. The third-order valence-electron chi connectivity index (χ3n) is 3.85. The molecule has 2 rings (SSSR count). The molecule has 4 nitrogen and oxygen atoms in total. The number of aliphatic hydroxyl groups excluding tert-OH is 1. The summed E-state index contributed by atoms with van der Waals surface area (Å²) >= 11 is 0. The molecular formula is C12H22N2O2. The fraction of sp³-hybridized carbons (Fsp3) is 0.917. The first-order valence-corrected chi connectivity index (χ1v) is 6.34. The SMILES string of the molecule is CCN1CCC(CN2CC(CO)CC2=O)C1. The van der Waals surface area contributed by atoms with Crippen molar-refractivity contribution in [2.75, 3.05) is 39.3 Å². The molecule has 1 amide bonds. The minimum Gasteiger partial charge on any atom is -0.396 e. The number of carbonyl (C=O) groups is 1. The van der Waals surface area contributed by atoms with Gasteiger partial charge in [-0.05, 0) is 25.4 Å². The summed E-state index contributed by atoms with van der Waals surface area (Å²) in [6.07, 6.45) is 1.75. The zero-order valence-corrected chi connectivity index (χ0v) is 10.1. The van der Waals surface area contributed by atoms with Gasteiger partial charge in [-0.3, -0.25) is 4.79 Å². The van der Waals surface area contributed by atoms with Crippen molar-refractivity contribution < 1.29 is 9.90 Å². The van der Waals surface area contributed by atoms with E-state index in [4.69, 9.17) is 5.11 Å². The number of aliphatic hydroxyl groups is 1. The van der Waals surface area contributed by atoms with Crippen molar-refractivity contribution in [2.45, 2.75) is 19.8 Å². The van der Waals surface area contributed by atoms with Crippen LogP contribution >= 0.6 is 0 Å². The van der Waals surface area contributed by atoms with Gasteiger partial charge in [-0.15, -0.1) is 0 Å². The largest absolute Gasteiger partial charge is 0.396 e. The van der Waals surface area contributed by atoms with Crippen LogP contribution in [0.4, 0.5) is 0 Å². The first kappa shape index (κ1) is 11.9. The van der Waals surface area contributed by atoms with Gasteiger partial charge >= 0.3 is 0 Å². The summed E-state index contributed by atoms with van der Waals surface area (Å²) in [5.41, 5.74) is 0. The minimum atomic E-state index is 0.147. The molecular weight excluding hydrogens is 204 g/mol. The fourth-order valence-corrected chi connectivity index (χ4v) is 2.81. The molecule has 0 aromatic carbocycles. The van der Waals surface area contributed by atoms with Crippen LogP contribution in [0.5, 0.6) is 0 Å². The Morgan fingerprint density at radius 3 is 2.75 bits per heavy atom. The van der Waals surface area contributed by atoms with Crippen molar-refractivity contribution in [3.05, 3.63) is 0 Å². The van der Waals surface area contributed by atoms with Gasteiger partial charge in [0.25, 0.3) is 0 Å². The van der Waals surface area contributed by atoms with Gasteiger partial charge < -0.3 is 14.9 Å². The average Bonchev–Trinajstić information content (AvgIpc) is 2.87. The van der Waals surface area contributed by atoms with Gasteiger partial charge in [0.2, 0.25) is 5.91 Å². The summed E-state index contributed by atoms with van der Waals surface area (Å²) < 4.78 is 0. The van der Waals surface area contributed by atoms with Gasteiger partial charge in [0.1, 0.15) is 0 Å². The van der Waals surface area contributed by atoms with E-state index in [1.165, 1.54) is 13.0 Å². The molecule has 0 spiro atoms. The predicted molar refractivity (Wildman–Crippen MR) is 62.0 cm³/mol. The first-order chi connectivity index (χ1) is 7.72. The highest BCUT2D eigenvalue weighted by Gasteiger charge is 2.32. The molecule has 0 aromatic heterocycles. The summed E-state index contributed by atoms with van der Waals surface area (Å²) in [5, 5.41) is 9.06. The first-order valence-electron chi connectivity index (χ1n) is 6.34. The zero-order valence-electron chi connectivity index (χ0n) is 10.1. The highest BCUT2D eigenvalue weighted by Crippen LogP contribution is 2.22. The van der Waals surface area contributed by atoms with Crippen LogP contribution in [0.3, 0.4) is 0 Å². The van der Waals surface area contributed by atoms with Gasteiger partial charge in [0.05, 0.1) is 0 Å². The van der Waals surface area contributed by atoms with E-state index in [1.54, 1.807) is 0 Å². The lowest BCUT2D eigenvalue weighted by atomic mass is 10.1. The monoisotopic (exact) mass is 226 g/mol. The second-order valence-electron chi connectivity index (χ2n) is 5.10. The molecule has 2 fully saturated rings. The van der Waals surface area contributed by atoms with Gasteiger partial charge in [0, 0.05) is 38.6 Å². The van der Waals surface area contributed by atoms with Crippen LogP contribution < -0.4 is 0 Å². The van der Waals surface area contributed by atoms with Crippen molar-refractivity contribution >= 4 is 5.91 Å². The molecule has 2 aliphatic rings. The quantitative estimate of drug-likeness (QED) is 0.743. The van der Waals surface area contributed by atoms with E-state index >= 15 is 0 Å². The zero-order chi connectivity index (χ0) is 11.5. The Morgan fingerprint density at radius 2 is 2.19 bits per heavy atom. The molecule has 16 heavy (non-hydrogen) atoms. The van der Waals surface area contributed by atoms with E-state index in [2.05, 4.69) is 11.8 Å².